The smallest absolute Gasteiger partial charge is 0.418 e. The number of rotatable bonds is 3. The van der Waals surface area contributed by atoms with E-state index in [1.807, 2.05) is 5.43 Å². The fourth-order valence-electron chi connectivity index (χ4n) is 3.13. The van der Waals surface area contributed by atoms with Crippen LogP contribution >= 0.6 is 0 Å². The van der Waals surface area contributed by atoms with Crippen LogP contribution in [0.2, 0.25) is 0 Å². The summed E-state index contributed by atoms with van der Waals surface area (Å²) in [6, 6.07) is 9.93. The fraction of sp³-hybridized carbons (Fsp3) is 0.143. The van der Waals surface area contributed by atoms with Crippen LogP contribution in [0.1, 0.15) is 32.1 Å². The lowest BCUT2D eigenvalue weighted by molar-refractivity contribution is -0.137. The first-order valence-electron chi connectivity index (χ1n) is 9.43. The van der Waals surface area contributed by atoms with Gasteiger partial charge in [0.05, 0.1) is 11.3 Å². The molecule has 4 rings (SSSR count). The highest BCUT2D eigenvalue weighted by molar-refractivity contribution is 5.98. The third-order valence-corrected chi connectivity index (χ3v) is 4.68. The van der Waals surface area contributed by atoms with Crippen LogP contribution in [0, 0.1) is 6.92 Å². The molecule has 3 aromatic rings. The largest absolute Gasteiger partial charge is 0.454 e. The number of aryl methyl sites for hydroxylation is 1. The van der Waals surface area contributed by atoms with Crippen molar-refractivity contribution in [2.24, 2.45) is 0 Å². The van der Waals surface area contributed by atoms with Crippen molar-refractivity contribution in [3.05, 3.63) is 81.3 Å². The molecule has 1 aliphatic heterocycles. The zero-order chi connectivity index (χ0) is 23.8. The van der Waals surface area contributed by atoms with Crippen LogP contribution in [0.5, 0.6) is 11.5 Å². The monoisotopic (exact) mass is 460 g/mol. The number of benzene rings is 2. The maximum Gasteiger partial charge on any atom is 0.418 e. The highest BCUT2D eigenvalue weighted by Gasteiger charge is 2.34. The molecule has 1 aromatic heterocycles. The topological polar surface area (TPSA) is 112 Å². The molecule has 2 aromatic carbocycles. The van der Waals surface area contributed by atoms with Crippen molar-refractivity contribution in [2.45, 2.75) is 13.1 Å². The summed E-state index contributed by atoms with van der Waals surface area (Å²) >= 11 is 0. The van der Waals surface area contributed by atoms with Crippen molar-refractivity contribution < 1.29 is 32.2 Å². The van der Waals surface area contributed by atoms with E-state index in [4.69, 9.17) is 9.47 Å². The molecule has 0 bridgehead atoms. The van der Waals surface area contributed by atoms with Crippen molar-refractivity contribution >= 4 is 11.8 Å². The molecule has 0 spiro atoms. The average Bonchev–Trinajstić information content (AvgIpc) is 3.24. The number of carbonyl (C=O) groups excluding carboxylic acids is 2. The van der Waals surface area contributed by atoms with E-state index < -0.39 is 34.7 Å². The third-order valence-electron chi connectivity index (χ3n) is 4.68. The number of carbonyl (C=O) groups is 2. The number of nitrogens with zero attached hydrogens (tertiary/aromatic N) is 2. The Balaban J connectivity index is 1.58. The van der Waals surface area contributed by atoms with E-state index in [2.05, 4.69) is 10.5 Å². The number of hydrogen-bond donors (Lipinski definition) is 2. The first-order valence-corrected chi connectivity index (χ1v) is 9.43. The molecule has 2 N–H and O–H groups in total. The van der Waals surface area contributed by atoms with Gasteiger partial charge in [0.25, 0.3) is 11.8 Å². The number of aromatic nitrogens is 2. The van der Waals surface area contributed by atoms with Gasteiger partial charge >= 0.3 is 6.18 Å². The molecule has 2 amide bonds. The molecule has 33 heavy (non-hydrogen) atoms. The summed E-state index contributed by atoms with van der Waals surface area (Å²) in [5, 5.41) is 3.82. The summed E-state index contributed by atoms with van der Waals surface area (Å²) < 4.78 is 51.4. The molecule has 0 radical (unpaired) electrons. The number of halogens is 3. The summed E-state index contributed by atoms with van der Waals surface area (Å²) in [4.78, 5) is 37.1. The molecule has 0 fully saturated rings. The number of ether oxygens (including phenoxy) is 2. The molecular weight excluding hydrogens is 445 g/mol. The zero-order valence-electron chi connectivity index (χ0n) is 16.9. The van der Waals surface area contributed by atoms with E-state index in [-0.39, 0.29) is 23.7 Å². The lowest BCUT2D eigenvalue weighted by Crippen LogP contribution is -2.44. The zero-order valence-corrected chi connectivity index (χ0v) is 16.9. The van der Waals surface area contributed by atoms with E-state index in [1.165, 1.54) is 37.3 Å². The number of para-hydroxylation sites is 1. The SMILES string of the molecule is Cc1cc(=O)c(C(=O)NNC(=O)c2ccc3c(c2)OCO3)nn1-c1ccccc1C(F)(F)F. The Kier molecular flexibility index (Phi) is 5.50. The Labute approximate surface area is 183 Å². The number of fused-ring (bicyclic) bond motifs is 1. The van der Waals surface area contributed by atoms with Crippen molar-refractivity contribution in [1.29, 1.82) is 0 Å². The predicted molar refractivity (Wildman–Crippen MR) is 107 cm³/mol. The second-order valence-electron chi connectivity index (χ2n) is 6.90. The van der Waals surface area contributed by atoms with E-state index in [1.54, 1.807) is 0 Å². The number of amides is 2. The van der Waals surface area contributed by atoms with Gasteiger partial charge in [-0.15, -0.1) is 0 Å². The second-order valence-corrected chi connectivity index (χ2v) is 6.90. The predicted octanol–water partition coefficient (Wildman–Crippen LogP) is 2.36. The molecule has 2 heterocycles. The normalized spacial score (nSPS) is 12.4. The van der Waals surface area contributed by atoms with Crippen molar-refractivity contribution in [2.75, 3.05) is 6.79 Å². The minimum atomic E-state index is -4.69. The highest BCUT2D eigenvalue weighted by atomic mass is 19.4. The van der Waals surface area contributed by atoms with Crippen LogP contribution in [0.15, 0.2) is 53.3 Å². The van der Waals surface area contributed by atoms with Gasteiger partial charge in [0, 0.05) is 17.3 Å². The Morgan fingerprint density at radius 1 is 1.00 bits per heavy atom. The maximum atomic E-state index is 13.4. The molecular formula is C21H15F3N4O5. The van der Waals surface area contributed by atoms with E-state index in [9.17, 15) is 27.6 Å². The van der Waals surface area contributed by atoms with Crippen LogP contribution in [0.3, 0.4) is 0 Å². The molecule has 170 valence electrons. The molecule has 9 nitrogen and oxygen atoms in total. The summed E-state index contributed by atoms with van der Waals surface area (Å²) in [6.07, 6.45) is -4.69. The van der Waals surface area contributed by atoms with E-state index in [0.717, 1.165) is 22.9 Å². The first-order chi connectivity index (χ1) is 15.6. The van der Waals surface area contributed by atoms with Crippen molar-refractivity contribution in [3.63, 3.8) is 0 Å². The van der Waals surface area contributed by atoms with Crippen LogP contribution < -0.4 is 25.8 Å². The second kappa shape index (κ2) is 8.30. The number of hydrogen-bond acceptors (Lipinski definition) is 6. The van der Waals surface area contributed by atoms with Crippen LogP contribution in [0.4, 0.5) is 13.2 Å². The van der Waals surface area contributed by atoms with Gasteiger partial charge in [0.2, 0.25) is 12.2 Å². The summed E-state index contributed by atoms with van der Waals surface area (Å²) in [5.74, 6) is -1.02. The highest BCUT2D eigenvalue weighted by Crippen LogP contribution is 2.34. The van der Waals surface area contributed by atoms with Crippen molar-refractivity contribution in [1.82, 2.24) is 20.6 Å². The minimum Gasteiger partial charge on any atom is -0.454 e. The lowest BCUT2D eigenvalue weighted by Gasteiger charge is -2.16. The Bertz CT molecular complexity index is 1320. The van der Waals surface area contributed by atoms with Gasteiger partial charge in [0.15, 0.2) is 17.2 Å². The first kappa shape index (κ1) is 21.9. The van der Waals surface area contributed by atoms with Gasteiger partial charge in [-0.1, -0.05) is 12.1 Å². The molecule has 0 atom stereocenters. The van der Waals surface area contributed by atoms with Gasteiger partial charge in [-0.3, -0.25) is 25.2 Å². The van der Waals surface area contributed by atoms with Gasteiger partial charge in [-0.25, -0.2) is 4.68 Å². The van der Waals surface area contributed by atoms with Gasteiger partial charge in [0.1, 0.15) is 0 Å². The Morgan fingerprint density at radius 2 is 1.70 bits per heavy atom. The van der Waals surface area contributed by atoms with E-state index in [0.29, 0.717) is 11.5 Å². The van der Waals surface area contributed by atoms with Crippen LogP contribution in [0.25, 0.3) is 5.69 Å². The quantitative estimate of drug-likeness (QED) is 0.581. The molecule has 0 aliphatic carbocycles. The fourth-order valence-corrected chi connectivity index (χ4v) is 3.13. The Hall–Kier alpha value is -4.35. The summed E-state index contributed by atoms with van der Waals surface area (Å²) in [7, 11) is 0. The minimum absolute atomic E-state index is 0.0139. The molecule has 12 heteroatoms. The van der Waals surface area contributed by atoms with Gasteiger partial charge < -0.3 is 9.47 Å². The number of hydrazine groups is 1. The Morgan fingerprint density at radius 3 is 2.45 bits per heavy atom. The summed E-state index contributed by atoms with van der Waals surface area (Å²) in [6.45, 7) is 1.39. The van der Waals surface area contributed by atoms with Crippen LogP contribution in [-0.4, -0.2) is 28.4 Å². The molecule has 0 unspecified atom stereocenters. The molecule has 0 saturated heterocycles. The van der Waals surface area contributed by atoms with Crippen LogP contribution in [-0.2, 0) is 6.18 Å². The average molecular weight is 460 g/mol. The lowest BCUT2D eigenvalue weighted by atomic mass is 10.1. The van der Waals surface area contributed by atoms with Crippen molar-refractivity contribution in [3.8, 4) is 17.2 Å². The standard InChI is InChI=1S/C21H15F3N4O5/c1-11-8-15(29)18(27-28(11)14-5-3-2-4-13(14)21(22,23)24)20(31)26-25-19(30)12-6-7-16-17(9-12)33-10-32-16/h2-9H,10H2,1H3,(H,25,30)(H,26,31). The van der Waals surface area contributed by atoms with Gasteiger partial charge in [-0.2, -0.15) is 18.3 Å². The maximum absolute atomic E-state index is 13.4. The van der Waals surface area contributed by atoms with Gasteiger partial charge in [-0.05, 0) is 37.3 Å². The molecule has 1 aliphatic rings. The number of alkyl halides is 3. The number of nitrogens with one attached hydrogen (secondary N) is 2. The van der Waals surface area contributed by atoms with E-state index >= 15 is 0 Å². The molecule has 0 saturated carbocycles. The third kappa shape index (κ3) is 4.35. The summed E-state index contributed by atoms with van der Waals surface area (Å²) in [5.41, 5.74) is 1.49.